The van der Waals surface area contributed by atoms with E-state index in [1.54, 1.807) is 60.7 Å². The lowest BCUT2D eigenvalue weighted by molar-refractivity contribution is 0.362. The van der Waals surface area contributed by atoms with E-state index in [0.29, 0.717) is 52.2 Å². The van der Waals surface area contributed by atoms with E-state index in [4.69, 9.17) is 18.9 Å². The van der Waals surface area contributed by atoms with E-state index in [1.165, 1.54) is 84.9 Å². The fraction of sp³-hybridized carbons (Fsp3) is 0.0357. The first-order chi connectivity index (χ1) is 35.7. The Morgan fingerprint density at radius 3 is 0.733 bits per heavy atom. The lowest BCUT2D eigenvalue weighted by Gasteiger charge is -2.15. The van der Waals surface area contributed by atoms with Gasteiger partial charge in [0.15, 0.2) is 46.5 Å². The van der Waals surface area contributed by atoms with Gasteiger partial charge in [-0.3, -0.25) is 0 Å². The molecule has 0 radical (unpaired) electrons. The normalized spacial score (nSPS) is 11.4. The summed E-state index contributed by atoms with van der Waals surface area (Å²) in [6.45, 7) is 1.55. The number of benzene rings is 9. The molecular weight excluding hydrogens is 1030 g/mol. The summed E-state index contributed by atoms with van der Waals surface area (Å²) in [5.41, 5.74) is -3.48. The van der Waals surface area contributed by atoms with Crippen LogP contribution in [-0.2, 0) is 9.84 Å². The molecule has 19 heteroatoms. The van der Waals surface area contributed by atoms with Crippen molar-refractivity contribution < 1.29 is 80.1 Å². The number of sulfone groups is 1. The van der Waals surface area contributed by atoms with Gasteiger partial charge in [0.1, 0.15) is 34.5 Å². The molecule has 9 aromatic rings. The van der Waals surface area contributed by atoms with Gasteiger partial charge in [-0.2, -0.15) is 17.6 Å². The number of halogens is 12. The van der Waals surface area contributed by atoms with Crippen molar-refractivity contribution in [2.75, 3.05) is 0 Å². The second-order valence-electron chi connectivity index (χ2n) is 16.4. The Labute approximate surface area is 418 Å². The summed E-state index contributed by atoms with van der Waals surface area (Å²) in [6.07, 6.45) is 0. The van der Waals surface area contributed by atoms with Crippen LogP contribution in [0.2, 0.25) is 0 Å². The molecule has 0 saturated carbocycles. The van der Waals surface area contributed by atoms with E-state index < -0.39 is 113 Å². The molecule has 0 amide bonds. The molecule has 380 valence electrons. The number of hydrogen-bond acceptors (Lipinski definition) is 6. The molecule has 0 N–H and O–H groups in total. The van der Waals surface area contributed by atoms with Crippen molar-refractivity contribution in [3.05, 3.63) is 227 Å². The summed E-state index contributed by atoms with van der Waals surface area (Å²) in [4.78, 5) is -0.0505. The van der Waals surface area contributed by atoms with Crippen LogP contribution in [-0.4, -0.2) is 8.42 Å². The topological polar surface area (TPSA) is 71.1 Å². The molecule has 0 aliphatic rings. The summed E-state index contributed by atoms with van der Waals surface area (Å²) in [6, 6.07) is 35.7. The summed E-state index contributed by atoms with van der Waals surface area (Å²) in [5.74, 6) is -26.0. The first-order valence-corrected chi connectivity index (χ1v) is 23.3. The Hall–Kier alpha value is -8.71. The van der Waals surface area contributed by atoms with Gasteiger partial charge >= 0.3 is 0 Å². The zero-order valence-electron chi connectivity index (χ0n) is 38.2. The van der Waals surface area contributed by atoms with Crippen LogP contribution in [0.15, 0.2) is 155 Å². The van der Waals surface area contributed by atoms with Crippen molar-refractivity contribution in [3.63, 3.8) is 0 Å². The third-order valence-electron chi connectivity index (χ3n) is 11.7. The van der Waals surface area contributed by atoms with Crippen LogP contribution in [0.5, 0.6) is 46.0 Å². The maximum Gasteiger partial charge on any atom is 0.206 e. The molecule has 0 atom stereocenters. The van der Waals surface area contributed by atoms with Crippen LogP contribution in [0.4, 0.5) is 52.7 Å². The Morgan fingerprint density at radius 1 is 0.267 bits per heavy atom. The van der Waals surface area contributed by atoms with Gasteiger partial charge in [-0.25, -0.2) is 43.5 Å². The molecule has 0 unspecified atom stereocenters. The van der Waals surface area contributed by atoms with Gasteiger partial charge in [0.2, 0.25) is 44.6 Å². The third-order valence-corrected chi connectivity index (χ3v) is 13.4. The zero-order chi connectivity index (χ0) is 53.6. The molecular formula is C56H30F12O6S. The van der Waals surface area contributed by atoms with E-state index in [0.717, 1.165) is 6.92 Å². The van der Waals surface area contributed by atoms with Crippen LogP contribution in [0.25, 0.3) is 33.4 Å². The van der Waals surface area contributed by atoms with Gasteiger partial charge in [-0.05, 0) is 133 Å². The monoisotopic (exact) mass is 1060 g/mol. The van der Waals surface area contributed by atoms with Gasteiger partial charge in [0.05, 0.1) is 20.9 Å². The predicted molar refractivity (Wildman–Crippen MR) is 250 cm³/mol. The van der Waals surface area contributed by atoms with E-state index in [1.807, 2.05) is 0 Å². The average molecular weight is 1060 g/mol. The molecule has 0 bridgehead atoms. The second kappa shape index (κ2) is 20.3. The molecule has 0 saturated heterocycles. The highest BCUT2D eigenvalue weighted by Gasteiger charge is 2.34. The molecule has 0 aliphatic carbocycles. The van der Waals surface area contributed by atoms with E-state index in [2.05, 4.69) is 0 Å². The van der Waals surface area contributed by atoms with Gasteiger partial charge < -0.3 is 18.9 Å². The van der Waals surface area contributed by atoms with Crippen molar-refractivity contribution in [2.45, 2.75) is 23.6 Å². The van der Waals surface area contributed by atoms with Crippen LogP contribution in [0, 0.1) is 83.7 Å². The maximum absolute atomic E-state index is 15.1. The first kappa shape index (κ1) is 51.2. The molecule has 9 rings (SSSR count). The van der Waals surface area contributed by atoms with Gasteiger partial charge in [0, 0.05) is 11.1 Å². The molecule has 9 aromatic carbocycles. The highest BCUT2D eigenvalue weighted by molar-refractivity contribution is 7.91. The highest BCUT2D eigenvalue weighted by Crippen LogP contribution is 2.42. The summed E-state index contributed by atoms with van der Waals surface area (Å²) >= 11 is 0. The lowest BCUT2D eigenvalue weighted by Crippen LogP contribution is -2.09. The number of rotatable bonds is 13. The molecule has 0 aliphatic heterocycles. The van der Waals surface area contributed by atoms with Crippen molar-refractivity contribution >= 4 is 9.84 Å². The molecule has 75 heavy (non-hydrogen) atoms. The van der Waals surface area contributed by atoms with Crippen molar-refractivity contribution in [1.29, 1.82) is 0 Å². The summed E-state index contributed by atoms with van der Waals surface area (Å²) < 4.78 is 223. The van der Waals surface area contributed by atoms with Gasteiger partial charge in [-0.15, -0.1) is 0 Å². The van der Waals surface area contributed by atoms with Crippen LogP contribution < -0.4 is 18.9 Å². The Bertz CT molecular complexity index is 3700. The van der Waals surface area contributed by atoms with Crippen molar-refractivity contribution in [3.8, 4) is 79.4 Å². The van der Waals surface area contributed by atoms with Crippen LogP contribution in [0.3, 0.4) is 0 Å². The van der Waals surface area contributed by atoms with Gasteiger partial charge in [-0.1, -0.05) is 48.5 Å². The fourth-order valence-corrected chi connectivity index (χ4v) is 8.83. The zero-order valence-corrected chi connectivity index (χ0v) is 39.1. The van der Waals surface area contributed by atoms with Crippen LogP contribution >= 0.6 is 0 Å². The average Bonchev–Trinajstić information content (AvgIpc) is 3.43. The standard InChI is InChI=1S/C56H30F12O6S/c1-27-43(57)47(61)41(48(62)44(27)58)42-49(63)53(67)56(54(68)50(42)64)74-38-17-9-32(10-18-38)30-5-13-34(14-6-30)72-36-21-25-40(26-22-36)75(69,70)39-23-19-35(20-24-39)71-33-11-3-29(4-12-33)31-7-15-37(16-8-31)73-55-51(65)45(59)28(2)46(60)52(55)66/h3-26H,1-2H3. The molecule has 6 nitrogen and oxygen atoms in total. The molecule has 0 spiro atoms. The summed E-state index contributed by atoms with van der Waals surface area (Å²) in [7, 11) is -3.99. The Balaban J connectivity index is 0.794. The molecule has 0 fully saturated rings. The van der Waals surface area contributed by atoms with E-state index >= 15 is 17.6 Å². The largest absolute Gasteiger partial charge is 0.457 e. The third kappa shape index (κ3) is 9.81. The Kier molecular flexibility index (Phi) is 13.9. The SMILES string of the molecule is Cc1c(F)c(F)c(Oc2ccc(-c3ccc(Oc4ccc(S(=O)(=O)c5ccc(Oc6ccc(-c7ccc(Oc8c(F)c(F)c(-c9c(F)c(F)c(C)c(F)c9F)c(F)c8F)cc7)cc6)cc5)cc4)cc3)cc2)c(F)c1F. The lowest BCUT2D eigenvalue weighted by atomic mass is 9.99. The Morgan fingerprint density at radius 2 is 0.467 bits per heavy atom. The van der Waals surface area contributed by atoms with E-state index in [-0.39, 0.29) is 21.3 Å². The van der Waals surface area contributed by atoms with Crippen molar-refractivity contribution in [2.24, 2.45) is 0 Å². The molecule has 0 aromatic heterocycles. The van der Waals surface area contributed by atoms with E-state index in [9.17, 15) is 43.5 Å². The fourth-order valence-electron chi connectivity index (χ4n) is 7.57. The maximum atomic E-state index is 15.1. The first-order valence-electron chi connectivity index (χ1n) is 21.8. The number of hydrogen-bond donors (Lipinski definition) is 0. The summed E-state index contributed by atoms with van der Waals surface area (Å²) in [5, 5.41) is 0. The second-order valence-corrected chi connectivity index (χ2v) is 18.3. The quantitative estimate of drug-likeness (QED) is 0.0846. The highest BCUT2D eigenvalue weighted by atomic mass is 32.2. The van der Waals surface area contributed by atoms with Gasteiger partial charge in [0.25, 0.3) is 0 Å². The number of ether oxygens (including phenoxy) is 4. The minimum absolute atomic E-state index is 0.0208. The smallest absolute Gasteiger partial charge is 0.206 e. The molecule has 0 heterocycles. The minimum atomic E-state index is -3.99. The van der Waals surface area contributed by atoms with Crippen LogP contribution in [0.1, 0.15) is 11.1 Å². The van der Waals surface area contributed by atoms with Crippen molar-refractivity contribution in [1.82, 2.24) is 0 Å². The minimum Gasteiger partial charge on any atom is -0.457 e. The predicted octanol–water partition coefficient (Wildman–Crippen LogP) is 17.0.